The zero-order valence-electron chi connectivity index (χ0n) is 11.6. The second-order valence-corrected chi connectivity index (χ2v) is 6.05. The van der Waals surface area contributed by atoms with Gasteiger partial charge in [-0.25, -0.2) is 4.39 Å². The second kappa shape index (κ2) is 6.04. The van der Waals surface area contributed by atoms with Crippen molar-refractivity contribution in [3.63, 3.8) is 0 Å². The summed E-state index contributed by atoms with van der Waals surface area (Å²) >= 11 is 1.67. The molecule has 0 amide bonds. The minimum absolute atomic E-state index is 0.0314. The maximum atomic E-state index is 14.4. The topological polar surface area (TPSA) is 15.3 Å². The Morgan fingerprint density at radius 2 is 2.05 bits per heavy atom. The van der Waals surface area contributed by atoms with Crippen molar-refractivity contribution in [3.05, 3.63) is 57.5 Å². The van der Waals surface area contributed by atoms with Crippen LogP contribution in [0.25, 0.3) is 0 Å². The summed E-state index contributed by atoms with van der Waals surface area (Å²) in [6.07, 6.45) is 0. The van der Waals surface area contributed by atoms with E-state index in [1.54, 1.807) is 17.4 Å². The third kappa shape index (κ3) is 2.77. The van der Waals surface area contributed by atoms with Crippen molar-refractivity contribution in [2.24, 2.45) is 0 Å². The van der Waals surface area contributed by atoms with E-state index in [-0.39, 0.29) is 11.9 Å². The van der Waals surface area contributed by atoms with E-state index in [2.05, 4.69) is 27.0 Å². The fraction of sp³-hybridized carbons (Fsp3) is 0.375. The molecule has 3 rings (SSSR count). The molecule has 2 nitrogen and oxygen atoms in total. The zero-order valence-corrected chi connectivity index (χ0v) is 12.4. The van der Waals surface area contributed by atoms with Gasteiger partial charge in [0, 0.05) is 31.7 Å². The molecule has 0 aliphatic carbocycles. The summed E-state index contributed by atoms with van der Waals surface area (Å²) in [5.74, 6) is -0.0975. The van der Waals surface area contributed by atoms with Crippen molar-refractivity contribution in [2.75, 3.05) is 26.2 Å². The van der Waals surface area contributed by atoms with Crippen LogP contribution in [0, 0.1) is 12.7 Å². The highest BCUT2D eigenvalue weighted by Crippen LogP contribution is 2.32. The fourth-order valence-electron chi connectivity index (χ4n) is 2.81. The summed E-state index contributed by atoms with van der Waals surface area (Å²) in [7, 11) is 0. The van der Waals surface area contributed by atoms with Gasteiger partial charge >= 0.3 is 0 Å². The second-order valence-electron chi connectivity index (χ2n) is 5.27. The van der Waals surface area contributed by atoms with Crippen molar-refractivity contribution in [1.29, 1.82) is 0 Å². The molecule has 0 saturated carbocycles. The monoisotopic (exact) mass is 290 g/mol. The van der Waals surface area contributed by atoms with Crippen LogP contribution in [0.15, 0.2) is 35.0 Å². The fourth-order valence-corrected chi connectivity index (χ4v) is 3.49. The van der Waals surface area contributed by atoms with Gasteiger partial charge in [0.15, 0.2) is 0 Å². The molecule has 1 aliphatic heterocycles. The molecule has 4 heteroatoms. The van der Waals surface area contributed by atoms with Gasteiger partial charge in [0.1, 0.15) is 5.82 Å². The molecular formula is C16H19FN2S. The molecule has 1 N–H and O–H groups in total. The Hall–Kier alpha value is -1.23. The van der Waals surface area contributed by atoms with E-state index in [0.29, 0.717) is 0 Å². The lowest BCUT2D eigenvalue weighted by molar-refractivity contribution is 0.195. The molecule has 1 fully saturated rings. The van der Waals surface area contributed by atoms with Gasteiger partial charge < -0.3 is 5.32 Å². The van der Waals surface area contributed by atoms with Crippen LogP contribution in [0.4, 0.5) is 4.39 Å². The molecule has 0 spiro atoms. The molecular weight excluding hydrogens is 271 g/mol. The van der Waals surface area contributed by atoms with E-state index in [1.807, 2.05) is 19.1 Å². The average Bonchev–Trinajstić information content (AvgIpc) is 2.97. The molecule has 0 radical (unpaired) electrons. The Balaban J connectivity index is 2.00. The van der Waals surface area contributed by atoms with Gasteiger partial charge in [0.2, 0.25) is 0 Å². The van der Waals surface area contributed by atoms with Gasteiger partial charge in [-0.05, 0) is 40.9 Å². The maximum Gasteiger partial charge on any atom is 0.128 e. The molecule has 1 atom stereocenters. The molecule has 1 saturated heterocycles. The summed E-state index contributed by atoms with van der Waals surface area (Å²) < 4.78 is 14.4. The number of benzene rings is 1. The Morgan fingerprint density at radius 1 is 1.25 bits per heavy atom. The lowest BCUT2D eigenvalue weighted by Gasteiger charge is -2.35. The number of nitrogens with zero attached hydrogens (tertiary/aromatic N) is 1. The number of rotatable bonds is 3. The van der Waals surface area contributed by atoms with Crippen molar-refractivity contribution < 1.29 is 4.39 Å². The highest BCUT2D eigenvalue weighted by Gasteiger charge is 2.26. The number of piperazine rings is 1. The Labute approximate surface area is 123 Å². The summed E-state index contributed by atoms with van der Waals surface area (Å²) in [5, 5.41) is 7.55. The average molecular weight is 290 g/mol. The van der Waals surface area contributed by atoms with Gasteiger partial charge in [-0.2, -0.15) is 11.3 Å². The first-order chi connectivity index (χ1) is 9.75. The molecule has 0 unspecified atom stereocenters. The third-order valence-corrected chi connectivity index (χ3v) is 4.53. The predicted molar refractivity (Wildman–Crippen MR) is 81.7 cm³/mol. The van der Waals surface area contributed by atoms with Crippen LogP contribution in [0.2, 0.25) is 0 Å². The number of halogens is 1. The smallest absolute Gasteiger partial charge is 0.128 e. The maximum absolute atomic E-state index is 14.4. The lowest BCUT2D eigenvalue weighted by Crippen LogP contribution is -2.45. The first-order valence-corrected chi connectivity index (χ1v) is 7.93. The van der Waals surface area contributed by atoms with Gasteiger partial charge in [0.05, 0.1) is 6.04 Å². The molecule has 1 aromatic heterocycles. The summed E-state index contributed by atoms with van der Waals surface area (Å²) in [6, 6.07) is 7.71. The number of hydrogen-bond acceptors (Lipinski definition) is 3. The molecule has 2 heterocycles. The molecule has 0 bridgehead atoms. The molecule has 1 aliphatic rings. The summed E-state index contributed by atoms with van der Waals surface area (Å²) in [5.41, 5.74) is 2.95. The van der Waals surface area contributed by atoms with E-state index in [0.717, 1.165) is 37.3 Å². The van der Waals surface area contributed by atoms with Crippen molar-refractivity contribution in [3.8, 4) is 0 Å². The Kier molecular flexibility index (Phi) is 4.15. The summed E-state index contributed by atoms with van der Waals surface area (Å²) in [4.78, 5) is 2.37. The number of aryl methyl sites for hydroxylation is 1. The van der Waals surface area contributed by atoms with Crippen LogP contribution in [0.5, 0.6) is 0 Å². The highest BCUT2D eigenvalue weighted by molar-refractivity contribution is 7.08. The first kappa shape index (κ1) is 13.7. The van der Waals surface area contributed by atoms with Crippen LogP contribution in [-0.2, 0) is 0 Å². The Bertz CT molecular complexity index is 562. The van der Waals surface area contributed by atoms with E-state index >= 15 is 0 Å². The van der Waals surface area contributed by atoms with E-state index in [1.165, 1.54) is 5.56 Å². The van der Waals surface area contributed by atoms with Crippen LogP contribution in [0.1, 0.15) is 22.7 Å². The third-order valence-electron chi connectivity index (χ3n) is 3.83. The number of thiophene rings is 1. The number of nitrogens with one attached hydrogen (secondary N) is 1. The predicted octanol–water partition coefficient (Wildman–Crippen LogP) is 3.19. The molecule has 1 aromatic carbocycles. The normalized spacial score (nSPS) is 18.1. The lowest BCUT2D eigenvalue weighted by atomic mass is 9.97. The SMILES string of the molecule is Cc1ccc([C@H](c2ccsc2)N2CCNCC2)c(F)c1. The van der Waals surface area contributed by atoms with Crippen molar-refractivity contribution in [2.45, 2.75) is 13.0 Å². The van der Waals surface area contributed by atoms with Crippen molar-refractivity contribution in [1.82, 2.24) is 10.2 Å². The highest BCUT2D eigenvalue weighted by atomic mass is 32.1. The van der Waals surface area contributed by atoms with E-state index in [9.17, 15) is 4.39 Å². The van der Waals surface area contributed by atoms with Gasteiger partial charge in [0.25, 0.3) is 0 Å². The Morgan fingerprint density at radius 3 is 2.70 bits per heavy atom. The zero-order chi connectivity index (χ0) is 13.9. The molecule has 20 heavy (non-hydrogen) atoms. The van der Waals surface area contributed by atoms with Gasteiger partial charge in [-0.15, -0.1) is 0 Å². The molecule has 106 valence electrons. The standard InChI is InChI=1S/C16H19FN2S/c1-12-2-3-14(15(17)10-12)16(13-4-9-20-11-13)19-7-5-18-6-8-19/h2-4,9-11,16,18H,5-8H2,1H3/t16-/m0/s1. The van der Waals surface area contributed by atoms with E-state index < -0.39 is 0 Å². The van der Waals surface area contributed by atoms with Crippen LogP contribution >= 0.6 is 11.3 Å². The van der Waals surface area contributed by atoms with Crippen LogP contribution < -0.4 is 5.32 Å². The minimum Gasteiger partial charge on any atom is -0.314 e. The van der Waals surface area contributed by atoms with Crippen LogP contribution in [-0.4, -0.2) is 31.1 Å². The summed E-state index contributed by atoms with van der Waals surface area (Å²) in [6.45, 7) is 5.77. The quantitative estimate of drug-likeness (QED) is 0.934. The van der Waals surface area contributed by atoms with Gasteiger partial charge in [-0.3, -0.25) is 4.90 Å². The van der Waals surface area contributed by atoms with Gasteiger partial charge in [-0.1, -0.05) is 12.1 Å². The van der Waals surface area contributed by atoms with E-state index in [4.69, 9.17) is 0 Å². The number of hydrogen-bond donors (Lipinski definition) is 1. The van der Waals surface area contributed by atoms with Crippen molar-refractivity contribution >= 4 is 11.3 Å². The minimum atomic E-state index is -0.0975. The van der Waals surface area contributed by atoms with Crippen LogP contribution in [0.3, 0.4) is 0 Å². The molecule has 2 aromatic rings. The first-order valence-electron chi connectivity index (χ1n) is 6.98. The largest absolute Gasteiger partial charge is 0.314 e.